The Morgan fingerprint density at radius 2 is 2.16 bits per heavy atom. The quantitative estimate of drug-likeness (QED) is 0.297. The number of primary amides is 1. The Balaban J connectivity index is 1.27. The summed E-state index contributed by atoms with van der Waals surface area (Å²) >= 11 is 7.90. The van der Waals surface area contributed by atoms with Crippen LogP contribution in [0.5, 0.6) is 5.75 Å². The first-order valence-corrected chi connectivity index (χ1v) is 12.5. The minimum absolute atomic E-state index is 0.0953. The van der Waals surface area contributed by atoms with Crippen LogP contribution in [0.25, 0.3) is 10.2 Å². The van der Waals surface area contributed by atoms with Crippen LogP contribution in [0.15, 0.2) is 54.9 Å². The number of nitrogens with two attached hydrogens (primary N) is 1. The van der Waals surface area contributed by atoms with Gasteiger partial charge < -0.3 is 20.5 Å². The number of ether oxygens (including phenoxy) is 2. The summed E-state index contributed by atoms with van der Waals surface area (Å²) in [6.07, 6.45) is 1.01. The Morgan fingerprint density at radius 1 is 1.27 bits per heavy atom. The molecule has 0 unspecified atom stereocenters. The first-order valence-electron chi connectivity index (χ1n) is 11.3. The fourth-order valence-electron chi connectivity index (χ4n) is 3.85. The molecule has 0 spiro atoms. The SMILES string of the molecule is NC(=O)O[C@H]1CN[C@H](C#Cc2cc3ncnc(Nc4ccc(OCc5cccc(F)c5)c(Cl)c4)c3s2)C1. The van der Waals surface area contributed by atoms with Gasteiger partial charge in [0, 0.05) is 18.7 Å². The third-order valence-corrected chi connectivity index (χ3v) is 6.87. The number of nitrogens with one attached hydrogen (secondary N) is 2. The zero-order valence-corrected chi connectivity index (χ0v) is 20.9. The fourth-order valence-corrected chi connectivity index (χ4v) is 5.00. The number of halogens is 2. The van der Waals surface area contributed by atoms with Crippen molar-refractivity contribution < 1.29 is 18.7 Å². The summed E-state index contributed by atoms with van der Waals surface area (Å²) in [5.41, 5.74) is 7.28. The molecule has 2 aromatic heterocycles. The van der Waals surface area contributed by atoms with Crippen LogP contribution in [0.4, 0.5) is 20.7 Å². The Bertz CT molecular complexity index is 1520. The molecule has 4 aromatic rings. The van der Waals surface area contributed by atoms with Crippen molar-refractivity contribution >= 4 is 50.8 Å². The molecule has 1 fully saturated rings. The lowest BCUT2D eigenvalue weighted by Crippen LogP contribution is -2.24. The van der Waals surface area contributed by atoms with Gasteiger partial charge in [0.1, 0.15) is 30.6 Å². The van der Waals surface area contributed by atoms with Crippen molar-refractivity contribution in [2.75, 3.05) is 11.9 Å². The Labute approximate surface area is 221 Å². The highest BCUT2D eigenvalue weighted by molar-refractivity contribution is 7.20. The van der Waals surface area contributed by atoms with Crippen molar-refractivity contribution in [2.24, 2.45) is 5.73 Å². The zero-order chi connectivity index (χ0) is 25.8. The van der Waals surface area contributed by atoms with Crippen LogP contribution in [0.2, 0.25) is 5.02 Å². The van der Waals surface area contributed by atoms with E-state index in [0.29, 0.717) is 35.1 Å². The van der Waals surface area contributed by atoms with Gasteiger partial charge in [-0.25, -0.2) is 19.2 Å². The average Bonchev–Trinajstić information content (AvgIpc) is 3.49. The molecule has 2 aromatic carbocycles. The molecule has 0 aliphatic carbocycles. The van der Waals surface area contributed by atoms with Gasteiger partial charge in [0.2, 0.25) is 0 Å². The number of fused-ring (bicyclic) bond motifs is 1. The van der Waals surface area contributed by atoms with E-state index in [9.17, 15) is 9.18 Å². The number of carbonyl (C=O) groups is 1. The first-order chi connectivity index (χ1) is 17.9. The molecule has 0 radical (unpaired) electrons. The van der Waals surface area contributed by atoms with E-state index in [2.05, 4.69) is 32.4 Å². The van der Waals surface area contributed by atoms with Crippen molar-refractivity contribution in [1.82, 2.24) is 15.3 Å². The van der Waals surface area contributed by atoms with E-state index in [0.717, 1.165) is 20.8 Å². The summed E-state index contributed by atoms with van der Waals surface area (Å²) in [7, 11) is 0. The van der Waals surface area contributed by atoms with Gasteiger partial charge in [-0.1, -0.05) is 35.6 Å². The number of aromatic nitrogens is 2. The highest BCUT2D eigenvalue weighted by Gasteiger charge is 2.25. The summed E-state index contributed by atoms with van der Waals surface area (Å²) in [5.74, 6) is 7.13. The summed E-state index contributed by atoms with van der Waals surface area (Å²) < 4.78 is 25.0. The standard InChI is InChI=1S/C26H21ClFN5O3S/c27-21-10-18(5-7-23(21)35-13-15-2-1-3-16(28)8-15)33-25-24-22(31-14-32-25)11-20(37-24)6-4-17-9-19(12-30-17)36-26(29)34/h1-3,5,7-8,10-11,14,17,19,30H,9,12-13H2,(H2,29,34)(H,31,32,33)/t17-,19-/m1/s1. The topological polar surface area (TPSA) is 111 Å². The van der Waals surface area contributed by atoms with E-state index in [1.165, 1.54) is 29.8 Å². The lowest BCUT2D eigenvalue weighted by Gasteiger charge is -2.11. The second-order valence-corrected chi connectivity index (χ2v) is 9.72. The van der Waals surface area contributed by atoms with Gasteiger partial charge >= 0.3 is 6.09 Å². The second kappa shape index (κ2) is 11.0. The molecule has 0 saturated carbocycles. The summed E-state index contributed by atoms with van der Waals surface area (Å²) in [6, 6.07) is 13.3. The molecule has 3 heterocycles. The molecule has 188 valence electrons. The molecule has 5 rings (SSSR count). The Hall–Kier alpha value is -3.91. The van der Waals surface area contributed by atoms with Gasteiger partial charge in [-0.3, -0.25) is 5.32 Å². The van der Waals surface area contributed by atoms with E-state index in [1.807, 2.05) is 12.1 Å². The number of rotatable bonds is 6. The van der Waals surface area contributed by atoms with E-state index in [1.54, 1.807) is 24.3 Å². The monoisotopic (exact) mass is 537 g/mol. The number of carbonyl (C=O) groups excluding carboxylic acids is 1. The third-order valence-electron chi connectivity index (χ3n) is 5.53. The highest BCUT2D eigenvalue weighted by atomic mass is 35.5. The molecule has 2 atom stereocenters. The maximum absolute atomic E-state index is 13.4. The Morgan fingerprint density at radius 3 is 2.97 bits per heavy atom. The maximum Gasteiger partial charge on any atom is 0.404 e. The summed E-state index contributed by atoms with van der Waals surface area (Å²) in [4.78, 5) is 20.5. The minimum atomic E-state index is -0.782. The van der Waals surface area contributed by atoms with Crippen LogP contribution in [0.1, 0.15) is 16.9 Å². The van der Waals surface area contributed by atoms with Crippen molar-refractivity contribution in [3.8, 4) is 17.6 Å². The van der Waals surface area contributed by atoms with Crippen LogP contribution in [-0.2, 0) is 11.3 Å². The normalized spacial score (nSPS) is 16.7. The summed E-state index contributed by atoms with van der Waals surface area (Å²) in [5, 5.41) is 6.90. The van der Waals surface area contributed by atoms with Gasteiger partial charge in [0.25, 0.3) is 0 Å². The van der Waals surface area contributed by atoms with Gasteiger partial charge in [-0.2, -0.15) is 0 Å². The lowest BCUT2D eigenvalue weighted by atomic mass is 10.2. The molecular weight excluding hydrogens is 517 g/mol. The summed E-state index contributed by atoms with van der Waals surface area (Å²) in [6.45, 7) is 0.719. The van der Waals surface area contributed by atoms with E-state index < -0.39 is 6.09 Å². The number of anilines is 2. The number of benzene rings is 2. The number of nitrogens with zero attached hydrogens (tertiary/aromatic N) is 2. The zero-order valence-electron chi connectivity index (χ0n) is 19.3. The number of thiophene rings is 1. The van der Waals surface area contributed by atoms with Gasteiger partial charge in [0.15, 0.2) is 5.82 Å². The third kappa shape index (κ3) is 6.27. The molecule has 0 bridgehead atoms. The van der Waals surface area contributed by atoms with E-state index in [4.69, 9.17) is 26.8 Å². The molecule has 4 N–H and O–H groups in total. The molecule has 37 heavy (non-hydrogen) atoms. The van der Waals surface area contributed by atoms with Crippen LogP contribution in [0, 0.1) is 17.7 Å². The molecule has 1 amide bonds. The Kier molecular flexibility index (Phi) is 7.37. The predicted molar refractivity (Wildman–Crippen MR) is 141 cm³/mol. The van der Waals surface area contributed by atoms with Gasteiger partial charge in [-0.05, 0) is 42.0 Å². The molecule has 1 aliphatic rings. The maximum atomic E-state index is 13.4. The van der Waals surface area contributed by atoms with Crippen molar-refractivity contribution in [3.05, 3.63) is 76.1 Å². The number of amides is 1. The smallest absolute Gasteiger partial charge is 0.404 e. The number of hydrogen-bond donors (Lipinski definition) is 3. The van der Waals surface area contributed by atoms with Crippen molar-refractivity contribution in [1.29, 1.82) is 0 Å². The van der Waals surface area contributed by atoms with Crippen LogP contribution < -0.4 is 21.1 Å². The van der Waals surface area contributed by atoms with Crippen molar-refractivity contribution in [2.45, 2.75) is 25.2 Å². The minimum Gasteiger partial charge on any atom is -0.487 e. The largest absolute Gasteiger partial charge is 0.487 e. The first kappa shape index (κ1) is 24.8. The predicted octanol–water partition coefficient (Wildman–Crippen LogP) is 4.98. The molecule has 1 aliphatic heterocycles. The van der Waals surface area contributed by atoms with Gasteiger partial charge in [-0.15, -0.1) is 11.3 Å². The highest BCUT2D eigenvalue weighted by Crippen LogP contribution is 2.33. The molecular formula is C26H21ClFN5O3S. The van der Waals surface area contributed by atoms with E-state index >= 15 is 0 Å². The molecule has 11 heteroatoms. The van der Waals surface area contributed by atoms with Crippen LogP contribution >= 0.6 is 22.9 Å². The fraction of sp³-hybridized carbons (Fsp3) is 0.192. The second-order valence-electron chi connectivity index (χ2n) is 8.26. The lowest BCUT2D eigenvalue weighted by molar-refractivity contribution is 0.116. The molecule has 1 saturated heterocycles. The van der Waals surface area contributed by atoms with E-state index in [-0.39, 0.29) is 24.6 Å². The average molecular weight is 538 g/mol. The molecule has 8 nitrogen and oxygen atoms in total. The number of hydrogen-bond acceptors (Lipinski definition) is 8. The van der Waals surface area contributed by atoms with Crippen LogP contribution in [-0.4, -0.2) is 34.8 Å². The van der Waals surface area contributed by atoms with Crippen LogP contribution in [0.3, 0.4) is 0 Å². The van der Waals surface area contributed by atoms with Crippen molar-refractivity contribution in [3.63, 3.8) is 0 Å². The van der Waals surface area contributed by atoms with Gasteiger partial charge in [0.05, 0.1) is 26.2 Å².